The molecule has 0 amide bonds. The quantitative estimate of drug-likeness (QED) is 0.447. The lowest BCUT2D eigenvalue weighted by Crippen LogP contribution is -2.36. The van der Waals surface area contributed by atoms with Crippen LogP contribution < -0.4 is 9.64 Å². The standard InChI is InChI=1S/C27H31N3O3/c1-20(2)32-27(31)25-10-7-16-28-26(25)29(3)22-15-17-30(19-22)18-21-11-13-24(14-12-21)33-23-8-5-4-6-9-23/h4-14,16,20,22H,15,17-19H2,1-3H3. The molecule has 1 aliphatic heterocycles. The Morgan fingerprint density at radius 1 is 1.06 bits per heavy atom. The van der Waals surface area contributed by atoms with Gasteiger partial charge in [0.05, 0.1) is 6.10 Å². The molecule has 1 fully saturated rings. The Bertz CT molecular complexity index is 1050. The summed E-state index contributed by atoms with van der Waals surface area (Å²) in [4.78, 5) is 21.6. The fraction of sp³-hybridized carbons (Fsp3) is 0.333. The molecule has 6 nitrogen and oxygen atoms in total. The second-order valence-electron chi connectivity index (χ2n) is 8.68. The van der Waals surface area contributed by atoms with Crippen molar-refractivity contribution in [2.75, 3.05) is 25.0 Å². The highest BCUT2D eigenvalue weighted by Crippen LogP contribution is 2.26. The van der Waals surface area contributed by atoms with Gasteiger partial charge in [0.25, 0.3) is 0 Å². The summed E-state index contributed by atoms with van der Waals surface area (Å²) in [5, 5.41) is 0. The van der Waals surface area contributed by atoms with E-state index in [1.54, 1.807) is 18.3 Å². The minimum Gasteiger partial charge on any atom is -0.459 e. The van der Waals surface area contributed by atoms with Crippen molar-refractivity contribution < 1.29 is 14.3 Å². The van der Waals surface area contributed by atoms with E-state index in [0.717, 1.165) is 37.6 Å². The van der Waals surface area contributed by atoms with Crippen LogP contribution in [-0.2, 0) is 11.3 Å². The molecule has 0 N–H and O–H groups in total. The molecule has 0 aliphatic carbocycles. The van der Waals surface area contributed by atoms with Gasteiger partial charge in [0.15, 0.2) is 0 Å². The first-order chi connectivity index (χ1) is 16.0. The number of likely N-dealkylation sites (tertiary alicyclic amines) is 1. The van der Waals surface area contributed by atoms with Crippen LogP contribution in [0.25, 0.3) is 0 Å². The van der Waals surface area contributed by atoms with Gasteiger partial charge in [-0.25, -0.2) is 9.78 Å². The third-order valence-electron chi connectivity index (χ3n) is 5.79. The van der Waals surface area contributed by atoms with Crippen molar-refractivity contribution in [2.24, 2.45) is 0 Å². The van der Waals surface area contributed by atoms with Gasteiger partial charge in [0, 0.05) is 38.9 Å². The van der Waals surface area contributed by atoms with E-state index in [2.05, 4.69) is 26.9 Å². The summed E-state index contributed by atoms with van der Waals surface area (Å²) in [5.74, 6) is 2.02. The number of rotatable bonds is 8. The van der Waals surface area contributed by atoms with E-state index in [4.69, 9.17) is 9.47 Å². The number of aromatic nitrogens is 1. The van der Waals surface area contributed by atoms with Crippen LogP contribution in [0.4, 0.5) is 5.82 Å². The minimum absolute atomic E-state index is 0.165. The molecule has 33 heavy (non-hydrogen) atoms. The Labute approximate surface area is 195 Å². The largest absolute Gasteiger partial charge is 0.459 e. The fourth-order valence-electron chi connectivity index (χ4n) is 4.11. The van der Waals surface area contributed by atoms with Crippen LogP contribution in [0.1, 0.15) is 36.2 Å². The van der Waals surface area contributed by atoms with Gasteiger partial charge in [-0.15, -0.1) is 0 Å². The SMILES string of the molecule is CC(C)OC(=O)c1cccnc1N(C)C1CCN(Cc2ccc(Oc3ccccc3)cc2)C1. The third kappa shape index (κ3) is 5.90. The first-order valence-electron chi connectivity index (χ1n) is 11.4. The third-order valence-corrected chi connectivity index (χ3v) is 5.79. The van der Waals surface area contributed by atoms with E-state index >= 15 is 0 Å². The van der Waals surface area contributed by atoms with Crippen molar-refractivity contribution >= 4 is 11.8 Å². The van der Waals surface area contributed by atoms with Crippen molar-refractivity contribution in [3.63, 3.8) is 0 Å². The van der Waals surface area contributed by atoms with Crippen LogP contribution >= 0.6 is 0 Å². The van der Waals surface area contributed by atoms with Crippen molar-refractivity contribution in [2.45, 2.75) is 39.0 Å². The number of anilines is 1. The highest BCUT2D eigenvalue weighted by Gasteiger charge is 2.29. The highest BCUT2D eigenvalue weighted by atomic mass is 16.5. The lowest BCUT2D eigenvalue weighted by atomic mass is 10.2. The summed E-state index contributed by atoms with van der Waals surface area (Å²) >= 11 is 0. The maximum atomic E-state index is 12.5. The molecule has 1 unspecified atom stereocenters. The van der Waals surface area contributed by atoms with Crippen LogP contribution in [0, 0.1) is 0 Å². The Balaban J connectivity index is 1.36. The van der Waals surface area contributed by atoms with E-state index in [0.29, 0.717) is 11.4 Å². The number of carbonyl (C=O) groups is 1. The fourth-order valence-corrected chi connectivity index (χ4v) is 4.11. The Hall–Kier alpha value is -3.38. The van der Waals surface area contributed by atoms with E-state index < -0.39 is 0 Å². The van der Waals surface area contributed by atoms with Crippen molar-refractivity contribution in [1.82, 2.24) is 9.88 Å². The number of esters is 1. The molecule has 4 rings (SSSR count). The first-order valence-corrected chi connectivity index (χ1v) is 11.4. The number of ether oxygens (including phenoxy) is 2. The second kappa shape index (κ2) is 10.5. The van der Waals surface area contributed by atoms with E-state index in [1.165, 1.54) is 5.56 Å². The average Bonchev–Trinajstić information content (AvgIpc) is 3.28. The monoisotopic (exact) mass is 445 g/mol. The van der Waals surface area contributed by atoms with Gasteiger partial charge in [-0.05, 0) is 62.2 Å². The normalized spacial score (nSPS) is 16.1. The summed E-state index contributed by atoms with van der Waals surface area (Å²) in [7, 11) is 2.01. The van der Waals surface area contributed by atoms with Gasteiger partial charge in [-0.3, -0.25) is 4.90 Å². The first kappa shape index (κ1) is 22.8. The Kier molecular flexibility index (Phi) is 7.25. The lowest BCUT2D eigenvalue weighted by molar-refractivity contribution is 0.0378. The highest BCUT2D eigenvalue weighted by molar-refractivity contribution is 5.94. The predicted octanol–water partition coefficient (Wildman–Crippen LogP) is 5.15. The molecular weight excluding hydrogens is 414 g/mol. The van der Waals surface area contributed by atoms with Gasteiger partial charge < -0.3 is 14.4 Å². The zero-order valence-corrected chi connectivity index (χ0v) is 19.5. The molecule has 3 aromatic rings. The zero-order valence-electron chi connectivity index (χ0n) is 19.5. The number of likely N-dealkylation sites (N-methyl/N-ethyl adjacent to an activating group) is 1. The lowest BCUT2D eigenvalue weighted by Gasteiger charge is -2.27. The molecule has 1 aliphatic rings. The van der Waals surface area contributed by atoms with E-state index in [9.17, 15) is 4.79 Å². The topological polar surface area (TPSA) is 54.9 Å². The van der Waals surface area contributed by atoms with Gasteiger partial charge >= 0.3 is 5.97 Å². The van der Waals surface area contributed by atoms with Gasteiger partial charge in [0.2, 0.25) is 0 Å². The molecule has 2 heterocycles. The average molecular weight is 446 g/mol. The van der Waals surface area contributed by atoms with Crippen molar-refractivity contribution in [3.05, 3.63) is 84.1 Å². The van der Waals surface area contributed by atoms with Crippen LogP contribution in [0.15, 0.2) is 72.9 Å². The molecule has 1 atom stereocenters. The summed E-state index contributed by atoms with van der Waals surface area (Å²) < 4.78 is 11.3. The summed E-state index contributed by atoms with van der Waals surface area (Å²) in [6, 6.07) is 21.9. The molecule has 172 valence electrons. The Morgan fingerprint density at radius 3 is 2.52 bits per heavy atom. The maximum absolute atomic E-state index is 12.5. The summed E-state index contributed by atoms with van der Waals surface area (Å²) in [6.45, 7) is 6.49. The van der Waals surface area contributed by atoms with Crippen LogP contribution in [0.2, 0.25) is 0 Å². The number of pyridine rings is 1. The minimum atomic E-state index is -0.326. The second-order valence-corrected chi connectivity index (χ2v) is 8.68. The number of carbonyl (C=O) groups excluding carboxylic acids is 1. The van der Waals surface area contributed by atoms with Gasteiger partial charge in [-0.2, -0.15) is 0 Å². The molecular formula is C27H31N3O3. The molecule has 2 aromatic carbocycles. The van der Waals surface area contributed by atoms with E-state index in [1.807, 2.05) is 63.4 Å². The molecule has 1 saturated heterocycles. The Morgan fingerprint density at radius 2 is 1.79 bits per heavy atom. The number of hydrogen-bond donors (Lipinski definition) is 0. The molecule has 0 saturated carbocycles. The molecule has 0 radical (unpaired) electrons. The van der Waals surface area contributed by atoms with Gasteiger partial charge in [-0.1, -0.05) is 30.3 Å². The number of nitrogens with zero attached hydrogens (tertiary/aromatic N) is 3. The predicted molar refractivity (Wildman–Crippen MR) is 130 cm³/mol. The van der Waals surface area contributed by atoms with Crippen LogP contribution in [0.5, 0.6) is 11.5 Å². The number of hydrogen-bond acceptors (Lipinski definition) is 6. The molecule has 0 bridgehead atoms. The zero-order chi connectivity index (χ0) is 23.2. The van der Waals surface area contributed by atoms with Crippen LogP contribution in [-0.4, -0.2) is 48.1 Å². The van der Waals surface area contributed by atoms with E-state index in [-0.39, 0.29) is 18.1 Å². The smallest absolute Gasteiger partial charge is 0.342 e. The number of para-hydroxylation sites is 1. The number of benzene rings is 2. The molecule has 1 aromatic heterocycles. The summed E-state index contributed by atoms with van der Waals surface area (Å²) in [5.41, 5.74) is 1.76. The van der Waals surface area contributed by atoms with Crippen molar-refractivity contribution in [1.29, 1.82) is 0 Å². The summed E-state index contributed by atoms with van der Waals surface area (Å²) in [6.07, 6.45) is 2.58. The van der Waals surface area contributed by atoms with Gasteiger partial charge in [0.1, 0.15) is 22.9 Å². The van der Waals surface area contributed by atoms with Crippen LogP contribution in [0.3, 0.4) is 0 Å². The maximum Gasteiger partial charge on any atom is 0.342 e. The molecule has 0 spiro atoms. The van der Waals surface area contributed by atoms with Crippen molar-refractivity contribution in [3.8, 4) is 11.5 Å². The molecule has 6 heteroatoms.